The van der Waals surface area contributed by atoms with Crippen molar-refractivity contribution in [1.82, 2.24) is 15.1 Å². The van der Waals surface area contributed by atoms with Crippen molar-refractivity contribution in [3.05, 3.63) is 53.9 Å². The summed E-state index contributed by atoms with van der Waals surface area (Å²) in [6.45, 7) is 7.68. The third-order valence-electron chi connectivity index (χ3n) is 3.57. The van der Waals surface area contributed by atoms with E-state index in [1.165, 1.54) is 11.1 Å². The van der Waals surface area contributed by atoms with Gasteiger partial charge in [-0.25, -0.2) is 0 Å². The van der Waals surface area contributed by atoms with Crippen molar-refractivity contribution < 1.29 is 0 Å². The van der Waals surface area contributed by atoms with Gasteiger partial charge in [-0.1, -0.05) is 30.3 Å². The van der Waals surface area contributed by atoms with Gasteiger partial charge in [0.05, 0.1) is 6.20 Å². The Hall–Kier alpha value is -1.61. The van der Waals surface area contributed by atoms with Gasteiger partial charge in [-0.2, -0.15) is 5.10 Å². The molecule has 1 aromatic heterocycles. The highest BCUT2D eigenvalue weighted by atomic mass is 15.2. The van der Waals surface area contributed by atoms with E-state index < -0.39 is 0 Å². The van der Waals surface area contributed by atoms with Crippen LogP contribution in [0.5, 0.6) is 0 Å². The maximum Gasteiger partial charge on any atom is 0.0521 e. The Bertz CT molecular complexity index is 537. The van der Waals surface area contributed by atoms with E-state index in [1.807, 2.05) is 17.9 Å². The Balaban J connectivity index is 2.02. The maximum atomic E-state index is 4.28. The molecular weight excluding hydrogens is 258 g/mol. The predicted molar refractivity (Wildman–Crippen MR) is 88.3 cm³/mol. The lowest BCUT2D eigenvalue weighted by atomic mass is 9.92. The van der Waals surface area contributed by atoms with Crippen molar-refractivity contribution in [2.24, 2.45) is 13.0 Å². The van der Waals surface area contributed by atoms with Crippen molar-refractivity contribution in [3.8, 4) is 0 Å². The minimum absolute atomic E-state index is 0.157. The van der Waals surface area contributed by atoms with Gasteiger partial charge in [0.25, 0.3) is 0 Å². The summed E-state index contributed by atoms with van der Waals surface area (Å²) >= 11 is 0. The van der Waals surface area contributed by atoms with Crippen LogP contribution in [0.2, 0.25) is 0 Å². The van der Waals surface area contributed by atoms with Crippen LogP contribution in [0.4, 0.5) is 0 Å². The number of hydrogen-bond acceptors (Lipinski definition) is 2. The van der Waals surface area contributed by atoms with Crippen LogP contribution < -0.4 is 5.32 Å². The molecule has 0 aliphatic rings. The molecule has 1 aromatic carbocycles. The van der Waals surface area contributed by atoms with E-state index in [0.717, 1.165) is 19.4 Å². The molecule has 0 aliphatic heterocycles. The van der Waals surface area contributed by atoms with E-state index in [9.17, 15) is 0 Å². The summed E-state index contributed by atoms with van der Waals surface area (Å²) in [4.78, 5) is 0. The fourth-order valence-electron chi connectivity index (χ4n) is 2.53. The van der Waals surface area contributed by atoms with E-state index in [4.69, 9.17) is 0 Å². The molecule has 114 valence electrons. The third-order valence-corrected chi connectivity index (χ3v) is 3.57. The fraction of sp³-hybridized carbons (Fsp3) is 0.500. The van der Waals surface area contributed by atoms with Crippen molar-refractivity contribution >= 4 is 0 Å². The van der Waals surface area contributed by atoms with Crippen LogP contribution in [0.15, 0.2) is 42.7 Å². The van der Waals surface area contributed by atoms with Gasteiger partial charge >= 0.3 is 0 Å². The first-order valence-corrected chi connectivity index (χ1v) is 7.69. The molecule has 2 rings (SSSR count). The summed E-state index contributed by atoms with van der Waals surface area (Å²) in [6, 6.07) is 10.7. The molecule has 2 aromatic rings. The molecule has 1 heterocycles. The van der Waals surface area contributed by atoms with Gasteiger partial charge in [-0.15, -0.1) is 0 Å². The Kier molecular flexibility index (Phi) is 5.18. The van der Waals surface area contributed by atoms with Gasteiger partial charge in [-0.3, -0.25) is 4.68 Å². The molecule has 1 atom stereocenters. The zero-order valence-electron chi connectivity index (χ0n) is 13.6. The highest BCUT2D eigenvalue weighted by Crippen LogP contribution is 2.15. The van der Waals surface area contributed by atoms with Crippen LogP contribution in [0.3, 0.4) is 0 Å². The summed E-state index contributed by atoms with van der Waals surface area (Å²) < 4.78 is 1.88. The molecule has 0 saturated carbocycles. The number of rotatable bonds is 6. The van der Waals surface area contributed by atoms with E-state index in [-0.39, 0.29) is 5.54 Å². The highest BCUT2D eigenvalue weighted by molar-refractivity contribution is 5.16. The molecular formula is C18H27N3. The first-order valence-electron chi connectivity index (χ1n) is 7.69. The number of nitrogens with zero attached hydrogens (tertiary/aromatic N) is 2. The van der Waals surface area contributed by atoms with Crippen LogP contribution in [0.25, 0.3) is 0 Å². The summed E-state index contributed by atoms with van der Waals surface area (Å²) in [5.41, 5.74) is 2.88. The second-order valence-corrected chi connectivity index (χ2v) is 6.91. The third kappa shape index (κ3) is 5.72. The smallest absolute Gasteiger partial charge is 0.0521 e. The molecule has 0 fully saturated rings. The van der Waals surface area contributed by atoms with Gasteiger partial charge in [0.15, 0.2) is 0 Å². The van der Waals surface area contributed by atoms with Crippen LogP contribution in [0.1, 0.15) is 31.9 Å². The Morgan fingerprint density at radius 1 is 1.10 bits per heavy atom. The van der Waals surface area contributed by atoms with Crippen LogP contribution in [-0.4, -0.2) is 21.9 Å². The van der Waals surface area contributed by atoms with Gasteiger partial charge in [0.2, 0.25) is 0 Å². The number of hydrogen-bond donors (Lipinski definition) is 1. The number of benzene rings is 1. The molecule has 3 nitrogen and oxygen atoms in total. The summed E-state index contributed by atoms with van der Waals surface area (Å²) in [5.74, 6) is 0.579. The monoisotopic (exact) mass is 285 g/mol. The number of nitrogens with one attached hydrogen (secondary N) is 1. The van der Waals surface area contributed by atoms with Gasteiger partial charge in [0, 0.05) is 18.8 Å². The van der Waals surface area contributed by atoms with Crippen molar-refractivity contribution in [3.63, 3.8) is 0 Å². The molecule has 1 N–H and O–H groups in total. The average molecular weight is 285 g/mol. The molecule has 0 amide bonds. The lowest BCUT2D eigenvalue weighted by Crippen LogP contribution is -2.40. The number of aromatic nitrogens is 2. The summed E-state index contributed by atoms with van der Waals surface area (Å²) in [6.07, 6.45) is 6.26. The van der Waals surface area contributed by atoms with Crippen LogP contribution >= 0.6 is 0 Å². The maximum absolute atomic E-state index is 4.28. The molecule has 3 heteroatoms. The lowest BCUT2D eigenvalue weighted by Gasteiger charge is -2.25. The average Bonchev–Trinajstić information content (AvgIpc) is 2.82. The lowest BCUT2D eigenvalue weighted by molar-refractivity contribution is 0.367. The zero-order chi connectivity index (χ0) is 15.3. The summed E-state index contributed by atoms with van der Waals surface area (Å²) in [7, 11) is 1.98. The molecule has 0 aliphatic carbocycles. The molecule has 0 spiro atoms. The molecule has 21 heavy (non-hydrogen) atoms. The number of aryl methyl sites for hydroxylation is 1. The standard InChI is InChI=1S/C18H27N3/c1-18(2,3)19-12-16(10-15-8-6-5-7-9-15)11-17-13-20-21(4)14-17/h5-9,13-14,16,19H,10-12H2,1-4H3. The molecule has 0 bridgehead atoms. The van der Waals surface area contributed by atoms with Crippen molar-refractivity contribution in [1.29, 1.82) is 0 Å². The van der Waals surface area contributed by atoms with E-state index in [2.05, 4.69) is 67.7 Å². The van der Waals surface area contributed by atoms with Gasteiger partial charge in [0.1, 0.15) is 0 Å². The van der Waals surface area contributed by atoms with E-state index in [1.54, 1.807) is 0 Å². The summed E-state index contributed by atoms with van der Waals surface area (Å²) in [5, 5.41) is 7.92. The predicted octanol–water partition coefficient (Wildman–Crippen LogP) is 3.21. The second-order valence-electron chi connectivity index (χ2n) is 6.91. The molecule has 0 saturated heterocycles. The fourth-order valence-corrected chi connectivity index (χ4v) is 2.53. The zero-order valence-corrected chi connectivity index (χ0v) is 13.6. The topological polar surface area (TPSA) is 29.9 Å². The van der Waals surface area contributed by atoms with Crippen molar-refractivity contribution in [2.45, 2.75) is 39.2 Å². The Morgan fingerprint density at radius 2 is 1.76 bits per heavy atom. The van der Waals surface area contributed by atoms with Gasteiger partial charge in [-0.05, 0) is 57.2 Å². The SMILES string of the molecule is Cn1cc(CC(CNC(C)(C)C)Cc2ccccc2)cn1. The van der Waals surface area contributed by atoms with E-state index in [0.29, 0.717) is 5.92 Å². The molecule has 0 radical (unpaired) electrons. The molecule has 1 unspecified atom stereocenters. The Labute approximate surface area is 128 Å². The van der Waals surface area contributed by atoms with Crippen LogP contribution in [0, 0.1) is 5.92 Å². The Morgan fingerprint density at radius 3 is 2.33 bits per heavy atom. The second kappa shape index (κ2) is 6.90. The van der Waals surface area contributed by atoms with Gasteiger partial charge < -0.3 is 5.32 Å². The van der Waals surface area contributed by atoms with Crippen LogP contribution in [-0.2, 0) is 19.9 Å². The minimum Gasteiger partial charge on any atom is -0.312 e. The largest absolute Gasteiger partial charge is 0.312 e. The minimum atomic E-state index is 0.157. The first kappa shape index (κ1) is 15.8. The van der Waals surface area contributed by atoms with E-state index >= 15 is 0 Å². The first-order chi connectivity index (χ1) is 9.92. The normalized spacial score (nSPS) is 13.3. The van der Waals surface area contributed by atoms with Crippen molar-refractivity contribution in [2.75, 3.05) is 6.54 Å². The quantitative estimate of drug-likeness (QED) is 0.883. The highest BCUT2D eigenvalue weighted by Gasteiger charge is 2.16.